The minimum Gasteiger partial charge on any atom is -0.481 e. The number of amides is 4. The van der Waals surface area contributed by atoms with Crippen LogP contribution >= 0.6 is 0 Å². The molecule has 4 amide bonds. The van der Waals surface area contributed by atoms with Crippen molar-refractivity contribution in [2.45, 2.75) is 25.7 Å². The van der Waals surface area contributed by atoms with E-state index in [0.29, 0.717) is 19.5 Å². The van der Waals surface area contributed by atoms with E-state index in [1.54, 1.807) is 11.9 Å². The van der Waals surface area contributed by atoms with Crippen LogP contribution in [0.25, 0.3) is 0 Å². The molecule has 2 N–H and O–H groups in total. The van der Waals surface area contributed by atoms with E-state index in [2.05, 4.69) is 5.32 Å². The first kappa shape index (κ1) is 15.9. The summed E-state index contributed by atoms with van der Waals surface area (Å²) in [6.45, 7) is 0.935. The van der Waals surface area contributed by atoms with Crippen LogP contribution in [-0.2, 0) is 14.4 Å². The smallest absolute Gasteiger partial charge is 0.324 e. The van der Waals surface area contributed by atoms with E-state index in [9.17, 15) is 19.2 Å². The van der Waals surface area contributed by atoms with Gasteiger partial charge in [-0.15, -0.1) is 0 Å². The average molecular weight is 285 g/mol. The Hall–Kier alpha value is -2.12. The zero-order valence-electron chi connectivity index (χ0n) is 11.4. The Morgan fingerprint density at radius 2 is 1.95 bits per heavy atom. The summed E-state index contributed by atoms with van der Waals surface area (Å²) in [5.74, 6) is -1.68. The predicted molar refractivity (Wildman–Crippen MR) is 68.9 cm³/mol. The lowest BCUT2D eigenvalue weighted by molar-refractivity contribution is -0.137. The highest BCUT2D eigenvalue weighted by Crippen LogP contribution is 2.03. The van der Waals surface area contributed by atoms with Gasteiger partial charge in [-0.2, -0.15) is 0 Å². The van der Waals surface area contributed by atoms with Gasteiger partial charge in [0.2, 0.25) is 11.8 Å². The van der Waals surface area contributed by atoms with Gasteiger partial charge in [0.1, 0.15) is 6.54 Å². The topological polar surface area (TPSA) is 107 Å². The Morgan fingerprint density at radius 3 is 2.60 bits per heavy atom. The molecule has 112 valence electrons. The van der Waals surface area contributed by atoms with Crippen molar-refractivity contribution < 1.29 is 24.3 Å². The van der Waals surface area contributed by atoms with Gasteiger partial charge in [-0.1, -0.05) is 0 Å². The van der Waals surface area contributed by atoms with Crippen LogP contribution < -0.4 is 5.32 Å². The van der Waals surface area contributed by atoms with Gasteiger partial charge in [-0.25, -0.2) is 4.79 Å². The lowest BCUT2D eigenvalue weighted by Crippen LogP contribution is -2.45. The Morgan fingerprint density at radius 1 is 1.25 bits per heavy atom. The van der Waals surface area contributed by atoms with E-state index in [0.717, 1.165) is 0 Å². The maximum absolute atomic E-state index is 11.8. The monoisotopic (exact) mass is 285 g/mol. The molecule has 0 saturated carbocycles. The van der Waals surface area contributed by atoms with Crippen LogP contribution in [-0.4, -0.2) is 65.4 Å². The molecule has 1 saturated heterocycles. The second kappa shape index (κ2) is 7.46. The third-order valence-corrected chi connectivity index (χ3v) is 3.00. The number of carboxylic acids is 1. The van der Waals surface area contributed by atoms with E-state index in [1.807, 2.05) is 0 Å². The summed E-state index contributed by atoms with van der Waals surface area (Å²) in [6, 6.07) is -0.603. The molecule has 1 heterocycles. The van der Waals surface area contributed by atoms with Crippen molar-refractivity contribution in [3.63, 3.8) is 0 Å². The van der Waals surface area contributed by atoms with Crippen molar-refractivity contribution >= 4 is 23.8 Å². The molecular weight excluding hydrogens is 266 g/mol. The Balaban J connectivity index is 2.39. The van der Waals surface area contributed by atoms with Gasteiger partial charge in [0.25, 0.3) is 0 Å². The summed E-state index contributed by atoms with van der Waals surface area (Å²) < 4.78 is 0. The van der Waals surface area contributed by atoms with Crippen molar-refractivity contribution in [3.05, 3.63) is 0 Å². The highest BCUT2D eigenvalue weighted by molar-refractivity contribution is 5.95. The highest BCUT2D eigenvalue weighted by Gasteiger charge is 2.23. The number of likely N-dealkylation sites (N-methyl/N-ethyl adjacent to an activating group) is 1. The molecule has 0 radical (unpaired) electrons. The van der Waals surface area contributed by atoms with Gasteiger partial charge < -0.3 is 14.9 Å². The Bertz CT molecular complexity index is 410. The number of nitrogens with zero attached hydrogens (tertiary/aromatic N) is 2. The lowest BCUT2D eigenvalue weighted by atomic mass is 10.2. The maximum atomic E-state index is 11.8. The summed E-state index contributed by atoms with van der Waals surface area (Å²) in [6.07, 6.45) is 0.688. The highest BCUT2D eigenvalue weighted by atomic mass is 16.4. The average Bonchev–Trinajstić information content (AvgIpc) is 2.51. The first-order valence-corrected chi connectivity index (χ1v) is 6.44. The fourth-order valence-corrected chi connectivity index (χ4v) is 1.82. The summed E-state index contributed by atoms with van der Waals surface area (Å²) in [7, 11) is 1.67. The van der Waals surface area contributed by atoms with Crippen LogP contribution in [0.15, 0.2) is 0 Å². The number of nitrogens with one attached hydrogen (secondary N) is 1. The zero-order chi connectivity index (χ0) is 15.1. The normalized spacial score (nSPS) is 15.8. The van der Waals surface area contributed by atoms with Crippen LogP contribution in [0.4, 0.5) is 4.79 Å². The summed E-state index contributed by atoms with van der Waals surface area (Å²) in [5, 5.41) is 10.6. The molecule has 20 heavy (non-hydrogen) atoms. The van der Waals surface area contributed by atoms with Gasteiger partial charge in [0.15, 0.2) is 0 Å². The van der Waals surface area contributed by atoms with Gasteiger partial charge in [0, 0.05) is 33.0 Å². The number of aliphatic carboxylic acids is 1. The number of carbonyl (C=O) groups is 4. The third kappa shape index (κ3) is 5.25. The molecule has 8 nitrogen and oxygen atoms in total. The molecule has 8 heteroatoms. The number of urea groups is 1. The molecule has 0 aromatic heterocycles. The second-order valence-electron chi connectivity index (χ2n) is 4.69. The van der Waals surface area contributed by atoms with Gasteiger partial charge in [-0.3, -0.25) is 19.7 Å². The number of carbonyl (C=O) groups excluding carboxylic acids is 3. The minimum absolute atomic E-state index is 0.0280. The van der Waals surface area contributed by atoms with Crippen LogP contribution in [0.3, 0.4) is 0 Å². The molecule has 0 bridgehead atoms. The van der Waals surface area contributed by atoms with Gasteiger partial charge in [0.05, 0.1) is 0 Å². The first-order chi connectivity index (χ1) is 9.40. The Kier molecular flexibility index (Phi) is 5.95. The maximum Gasteiger partial charge on any atom is 0.324 e. The predicted octanol–water partition coefficient (Wildman–Crippen LogP) is -0.358. The van der Waals surface area contributed by atoms with Crippen LogP contribution in [0.5, 0.6) is 0 Å². The van der Waals surface area contributed by atoms with Gasteiger partial charge >= 0.3 is 12.0 Å². The number of rotatable bonds is 4. The molecule has 1 fully saturated rings. The van der Waals surface area contributed by atoms with Crippen LogP contribution in [0.1, 0.15) is 25.7 Å². The third-order valence-electron chi connectivity index (χ3n) is 3.00. The lowest BCUT2D eigenvalue weighted by Gasteiger charge is -2.19. The molecule has 0 atom stereocenters. The molecular formula is C12H19N3O5. The van der Waals surface area contributed by atoms with E-state index >= 15 is 0 Å². The molecule has 1 rings (SSSR count). The van der Waals surface area contributed by atoms with Crippen molar-refractivity contribution in [2.24, 2.45) is 0 Å². The number of hydrogen-bond acceptors (Lipinski definition) is 4. The van der Waals surface area contributed by atoms with Crippen molar-refractivity contribution in [2.75, 3.05) is 26.7 Å². The minimum atomic E-state index is -0.981. The molecule has 0 spiro atoms. The molecule has 0 aromatic carbocycles. The molecule has 1 aliphatic rings. The van der Waals surface area contributed by atoms with E-state index in [1.165, 1.54) is 4.90 Å². The van der Waals surface area contributed by atoms with Crippen molar-refractivity contribution in [3.8, 4) is 0 Å². The fourth-order valence-electron chi connectivity index (χ4n) is 1.82. The molecule has 0 aromatic rings. The van der Waals surface area contributed by atoms with Crippen LogP contribution in [0.2, 0.25) is 0 Å². The summed E-state index contributed by atoms with van der Waals surface area (Å²) in [4.78, 5) is 48.0. The Labute approximate surface area is 116 Å². The summed E-state index contributed by atoms with van der Waals surface area (Å²) in [5.41, 5.74) is 0. The molecule has 1 aliphatic heterocycles. The van der Waals surface area contributed by atoms with Crippen LogP contribution in [0, 0.1) is 0 Å². The molecule has 0 aliphatic carbocycles. The van der Waals surface area contributed by atoms with Gasteiger partial charge in [-0.05, 0) is 12.8 Å². The second-order valence-corrected chi connectivity index (χ2v) is 4.69. The van der Waals surface area contributed by atoms with Crippen molar-refractivity contribution in [1.82, 2.24) is 15.1 Å². The van der Waals surface area contributed by atoms with E-state index < -0.39 is 17.9 Å². The van der Waals surface area contributed by atoms with E-state index in [4.69, 9.17) is 5.11 Å². The van der Waals surface area contributed by atoms with E-state index in [-0.39, 0.29) is 31.7 Å². The first-order valence-electron chi connectivity index (χ1n) is 6.44. The SMILES string of the molecule is CN1CCCN(C(=O)NC(=O)CCCC(=O)O)CC1=O. The number of hydrogen-bond donors (Lipinski definition) is 2. The molecule has 0 unspecified atom stereocenters. The fraction of sp³-hybridized carbons (Fsp3) is 0.667. The van der Waals surface area contributed by atoms with Crippen molar-refractivity contribution in [1.29, 1.82) is 0 Å². The quantitative estimate of drug-likeness (QED) is 0.733. The number of imide groups is 1. The zero-order valence-corrected chi connectivity index (χ0v) is 11.4. The standard InChI is InChI=1S/C12H19N3O5/c1-14-6-3-7-15(8-10(14)17)12(20)13-9(16)4-2-5-11(18)19/h2-8H2,1H3,(H,18,19)(H,13,16,20). The summed E-state index contributed by atoms with van der Waals surface area (Å²) >= 11 is 0. The largest absolute Gasteiger partial charge is 0.481 e. The number of carboxylic acid groups (broad SMARTS) is 1.